The number of fused-ring (bicyclic) bond motifs is 4. The van der Waals surface area contributed by atoms with Gasteiger partial charge in [0, 0.05) is 25.0 Å². The summed E-state index contributed by atoms with van der Waals surface area (Å²) in [6.07, 6.45) is 5.62. The molecule has 4 nitrogen and oxygen atoms in total. The van der Waals surface area contributed by atoms with Crippen LogP contribution >= 0.6 is 12.4 Å². The minimum atomic E-state index is -0.170. The standard InChI is InChI=1S/C14H24N2O2.ClH/c17-13-5-2-11(3-6-13)14(18)16-9-10-1-4-12(16)8-15-7-10;/h10-13,15,17H,1-9H2;1H/t10-,11?,12+,13?;/m1./s1. The molecule has 0 radical (unpaired) electrons. The second-order valence-electron chi connectivity index (χ2n) is 6.25. The first-order chi connectivity index (χ1) is 8.74. The van der Waals surface area contributed by atoms with Crippen LogP contribution in [0.1, 0.15) is 38.5 Å². The minimum absolute atomic E-state index is 0. The summed E-state index contributed by atoms with van der Waals surface area (Å²) >= 11 is 0. The lowest BCUT2D eigenvalue weighted by atomic mass is 9.85. The fraction of sp³-hybridized carbons (Fsp3) is 0.929. The molecule has 1 amide bonds. The highest BCUT2D eigenvalue weighted by molar-refractivity contribution is 5.85. The maximum Gasteiger partial charge on any atom is 0.225 e. The number of carbonyl (C=O) groups excluding carboxylic acids is 1. The van der Waals surface area contributed by atoms with Crippen molar-refractivity contribution in [2.45, 2.75) is 50.7 Å². The predicted octanol–water partition coefficient (Wildman–Crippen LogP) is 1.17. The quantitative estimate of drug-likeness (QED) is 0.762. The molecule has 2 N–H and O–H groups in total. The molecule has 110 valence electrons. The molecule has 0 spiro atoms. The predicted molar refractivity (Wildman–Crippen MR) is 76.3 cm³/mol. The molecule has 1 aliphatic carbocycles. The van der Waals surface area contributed by atoms with Crippen LogP contribution in [0.2, 0.25) is 0 Å². The largest absolute Gasteiger partial charge is 0.393 e. The lowest BCUT2D eigenvalue weighted by Gasteiger charge is -2.39. The van der Waals surface area contributed by atoms with E-state index < -0.39 is 0 Å². The smallest absolute Gasteiger partial charge is 0.225 e. The van der Waals surface area contributed by atoms with Crippen molar-refractivity contribution in [1.82, 2.24) is 10.2 Å². The summed E-state index contributed by atoms with van der Waals surface area (Å²) in [6.45, 7) is 3.00. The van der Waals surface area contributed by atoms with Crippen molar-refractivity contribution >= 4 is 18.3 Å². The molecule has 19 heavy (non-hydrogen) atoms. The molecule has 4 rings (SSSR count). The number of hydrogen-bond acceptors (Lipinski definition) is 3. The number of halogens is 1. The molecular weight excluding hydrogens is 264 g/mol. The number of piperidine rings is 1. The number of aliphatic hydroxyl groups is 1. The van der Waals surface area contributed by atoms with Crippen molar-refractivity contribution < 1.29 is 9.90 Å². The molecule has 5 heteroatoms. The van der Waals surface area contributed by atoms with E-state index in [1.807, 2.05) is 0 Å². The van der Waals surface area contributed by atoms with Gasteiger partial charge in [0.1, 0.15) is 0 Å². The van der Waals surface area contributed by atoms with Crippen LogP contribution in [0.25, 0.3) is 0 Å². The highest BCUT2D eigenvalue weighted by Gasteiger charge is 2.37. The Labute approximate surface area is 121 Å². The molecule has 2 atom stereocenters. The number of hydrogen-bond donors (Lipinski definition) is 2. The Hall–Kier alpha value is -0.320. The average molecular weight is 289 g/mol. The fourth-order valence-electron chi connectivity index (χ4n) is 3.76. The molecule has 3 aliphatic heterocycles. The van der Waals surface area contributed by atoms with E-state index >= 15 is 0 Å². The van der Waals surface area contributed by atoms with Gasteiger partial charge in [-0.05, 0) is 51.0 Å². The van der Waals surface area contributed by atoms with Crippen molar-refractivity contribution in [2.75, 3.05) is 19.6 Å². The molecule has 0 aromatic rings. The van der Waals surface area contributed by atoms with Crippen LogP contribution in [0.15, 0.2) is 0 Å². The summed E-state index contributed by atoms with van der Waals surface area (Å²) in [5.41, 5.74) is 0. The molecule has 0 aromatic carbocycles. The molecule has 1 saturated carbocycles. The Morgan fingerprint density at radius 1 is 1.05 bits per heavy atom. The first-order valence-electron chi connectivity index (χ1n) is 7.43. The molecular formula is C14H25ClN2O2. The molecule has 0 aromatic heterocycles. The summed E-state index contributed by atoms with van der Waals surface area (Å²) < 4.78 is 0. The van der Waals surface area contributed by atoms with E-state index in [1.54, 1.807) is 0 Å². The van der Waals surface area contributed by atoms with Gasteiger partial charge in [-0.1, -0.05) is 0 Å². The second-order valence-corrected chi connectivity index (χ2v) is 6.25. The molecule has 4 aliphatic rings. The Balaban J connectivity index is 0.00000133. The molecule has 0 unspecified atom stereocenters. The zero-order valence-corrected chi connectivity index (χ0v) is 12.2. The Morgan fingerprint density at radius 2 is 1.79 bits per heavy atom. The van der Waals surface area contributed by atoms with Crippen LogP contribution in [-0.2, 0) is 4.79 Å². The average Bonchev–Trinajstić information content (AvgIpc) is 2.74. The molecule has 2 bridgehead atoms. The summed E-state index contributed by atoms with van der Waals surface area (Å²) in [5.74, 6) is 1.19. The highest BCUT2D eigenvalue weighted by Crippen LogP contribution is 2.30. The summed E-state index contributed by atoms with van der Waals surface area (Å²) in [5, 5.41) is 13.0. The van der Waals surface area contributed by atoms with Gasteiger partial charge in [-0.3, -0.25) is 4.79 Å². The number of nitrogens with zero attached hydrogens (tertiary/aromatic N) is 1. The van der Waals surface area contributed by atoms with E-state index in [4.69, 9.17) is 0 Å². The van der Waals surface area contributed by atoms with Gasteiger partial charge in [-0.15, -0.1) is 12.4 Å². The highest BCUT2D eigenvalue weighted by atomic mass is 35.5. The minimum Gasteiger partial charge on any atom is -0.393 e. The third kappa shape index (κ3) is 3.23. The number of aliphatic hydroxyl groups excluding tert-OH is 1. The second kappa shape index (κ2) is 6.42. The SMILES string of the molecule is Cl.O=C(C1CCC(O)CC1)N1C[C@@H]2CC[C@H]1CNC2. The van der Waals surface area contributed by atoms with Gasteiger partial charge in [0.25, 0.3) is 0 Å². The zero-order chi connectivity index (χ0) is 12.5. The maximum atomic E-state index is 12.6. The van der Waals surface area contributed by atoms with Crippen molar-refractivity contribution in [3.05, 3.63) is 0 Å². The van der Waals surface area contributed by atoms with Crippen molar-refractivity contribution in [2.24, 2.45) is 11.8 Å². The Kier molecular flexibility index (Phi) is 5.09. The summed E-state index contributed by atoms with van der Waals surface area (Å²) in [7, 11) is 0. The third-order valence-corrected chi connectivity index (χ3v) is 4.95. The lowest BCUT2D eigenvalue weighted by Crippen LogP contribution is -2.50. The van der Waals surface area contributed by atoms with Crippen LogP contribution in [-0.4, -0.2) is 47.7 Å². The topological polar surface area (TPSA) is 52.6 Å². The van der Waals surface area contributed by atoms with Crippen LogP contribution in [0.5, 0.6) is 0 Å². The monoisotopic (exact) mass is 288 g/mol. The van der Waals surface area contributed by atoms with E-state index in [9.17, 15) is 9.90 Å². The van der Waals surface area contributed by atoms with Crippen LogP contribution in [0.4, 0.5) is 0 Å². The van der Waals surface area contributed by atoms with Crippen LogP contribution in [0.3, 0.4) is 0 Å². The van der Waals surface area contributed by atoms with Gasteiger partial charge in [-0.2, -0.15) is 0 Å². The van der Waals surface area contributed by atoms with E-state index in [2.05, 4.69) is 10.2 Å². The van der Waals surface area contributed by atoms with E-state index in [1.165, 1.54) is 12.8 Å². The van der Waals surface area contributed by atoms with E-state index in [-0.39, 0.29) is 24.4 Å². The van der Waals surface area contributed by atoms with Gasteiger partial charge in [0.05, 0.1) is 6.10 Å². The fourth-order valence-corrected chi connectivity index (χ4v) is 3.76. The van der Waals surface area contributed by atoms with Crippen molar-refractivity contribution in [3.8, 4) is 0 Å². The lowest BCUT2D eigenvalue weighted by molar-refractivity contribution is -0.141. The molecule has 3 saturated heterocycles. The Morgan fingerprint density at radius 3 is 2.53 bits per heavy atom. The normalized spacial score (nSPS) is 38.5. The number of carbonyl (C=O) groups is 1. The van der Waals surface area contributed by atoms with Gasteiger partial charge in [0.2, 0.25) is 5.91 Å². The van der Waals surface area contributed by atoms with E-state index in [0.717, 1.165) is 45.3 Å². The zero-order valence-electron chi connectivity index (χ0n) is 11.4. The number of nitrogens with one attached hydrogen (secondary N) is 1. The third-order valence-electron chi connectivity index (χ3n) is 4.95. The first kappa shape index (κ1) is 15.1. The van der Waals surface area contributed by atoms with Gasteiger partial charge in [0.15, 0.2) is 0 Å². The number of amides is 1. The molecule has 4 fully saturated rings. The van der Waals surface area contributed by atoms with E-state index in [0.29, 0.717) is 17.9 Å². The van der Waals surface area contributed by atoms with Gasteiger partial charge in [-0.25, -0.2) is 0 Å². The van der Waals surface area contributed by atoms with Gasteiger partial charge >= 0.3 is 0 Å². The Bertz CT molecular complexity index is 315. The molecule has 3 heterocycles. The summed E-state index contributed by atoms with van der Waals surface area (Å²) in [6, 6.07) is 0.420. The van der Waals surface area contributed by atoms with Crippen molar-refractivity contribution in [3.63, 3.8) is 0 Å². The summed E-state index contributed by atoms with van der Waals surface area (Å²) in [4.78, 5) is 14.8. The van der Waals surface area contributed by atoms with Crippen LogP contribution in [0, 0.1) is 11.8 Å². The van der Waals surface area contributed by atoms with Crippen LogP contribution < -0.4 is 5.32 Å². The van der Waals surface area contributed by atoms with Gasteiger partial charge < -0.3 is 15.3 Å². The maximum absolute atomic E-state index is 12.6. The van der Waals surface area contributed by atoms with Crippen molar-refractivity contribution in [1.29, 1.82) is 0 Å². The first-order valence-corrected chi connectivity index (χ1v) is 7.43. The number of rotatable bonds is 1.